The van der Waals surface area contributed by atoms with Crippen molar-refractivity contribution in [3.8, 4) is 0 Å². The molecule has 0 radical (unpaired) electrons. The molecule has 3 heteroatoms. The van der Waals surface area contributed by atoms with Crippen LogP contribution in [-0.2, 0) is 4.79 Å². The summed E-state index contributed by atoms with van der Waals surface area (Å²) in [5, 5.41) is 20.3. The second-order valence-corrected chi connectivity index (χ2v) is 13.3. The predicted octanol–water partition coefficient (Wildman–Crippen LogP) is 8.49. The van der Waals surface area contributed by atoms with Crippen LogP contribution in [0.4, 0.5) is 0 Å². The lowest BCUT2D eigenvalue weighted by Gasteiger charge is -2.49. The van der Waals surface area contributed by atoms with Crippen molar-refractivity contribution < 1.29 is 15.0 Å². The first kappa shape index (κ1) is 32.6. The molecule has 0 aromatic carbocycles. The molecule has 1 aliphatic rings. The summed E-state index contributed by atoms with van der Waals surface area (Å²) in [6.45, 7) is 21.0. The van der Waals surface area contributed by atoms with Crippen molar-refractivity contribution in [1.29, 1.82) is 0 Å². The van der Waals surface area contributed by atoms with Crippen molar-refractivity contribution >= 4 is 5.78 Å². The Balaban J connectivity index is 0.00000322. The van der Waals surface area contributed by atoms with Crippen LogP contribution in [0.25, 0.3) is 0 Å². The van der Waals surface area contributed by atoms with Gasteiger partial charge in [0.05, 0.1) is 11.2 Å². The van der Waals surface area contributed by atoms with E-state index >= 15 is 0 Å². The molecule has 0 aromatic rings. The predicted molar refractivity (Wildman–Crippen MR) is 144 cm³/mol. The van der Waals surface area contributed by atoms with Crippen LogP contribution in [0, 0.1) is 22.7 Å². The number of unbranched alkanes of at least 4 members (excludes halogenated alkanes) is 1. The fraction of sp³-hybridized carbons (Fsp3) is 0.967. The minimum atomic E-state index is -0.606. The number of aliphatic hydroxyl groups is 2. The highest BCUT2D eigenvalue weighted by molar-refractivity contribution is 5.81. The molecule has 0 bridgehead atoms. The number of carbonyl (C=O) groups excluding carboxylic acids is 1. The Kier molecular flexibility index (Phi) is 14.0. The lowest BCUT2D eigenvalue weighted by Crippen LogP contribution is -2.42. The zero-order valence-corrected chi connectivity index (χ0v) is 24.1. The lowest BCUT2D eigenvalue weighted by molar-refractivity contribution is -0.130. The number of hydrogen-bond acceptors (Lipinski definition) is 3. The fourth-order valence-electron chi connectivity index (χ4n) is 5.79. The van der Waals surface area contributed by atoms with Crippen LogP contribution >= 0.6 is 0 Å². The van der Waals surface area contributed by atoms with E-state index in [1.807, 2.05) is 27.7 Å². The molecule has 2 N–H and O–H groups in total. The van der Waals surface area contributed by atoms with E-state index < -0.39 is 11.2 Å². The summed E-state index contributed by atoms with van der Waals surface area (Å²) >= 11 is 0. The van der Waals surface area contributed by atoms with Crippen LogP contribution < -0.4 is 0 Å². The van der Waals surface area contributed by atoms with E-state index in [1.54, 1.807) is 0 Å². The van der Waals surface area contributed by atoms with Gasteiger partial charge in [-0.1, -0.05) is 67.2 Å². The molecular formula is C30H60O3. The first-order chi connectivity index (χ1) is 15.0. The molecule has 0 amide bonds. The van der Waals surface area contributed by atoms with Crippen molar-refractivity contribution in [3.63, 3.8) is 0 Å². The summed E-state index contributed by atoms with van der Waals surface area (Å²) in [4.78, 5) is 12.7. The van der Waals surface area contributed by atoms with Crippen LogP contribution in [-0.4, -0.2) is 27.2 Å². The third-order valence-electron chi connectivity index (χ3n) is 7.71. The molecule has 0 aromatic heterocycles. The van der Waals surface area contributed by atoms with Gasteiger partial charge in [-0.2, -0.15) is 0 Å². The monoisotopic (exact) mass is 468 g/mol. The third-order valence-corrected chi connectivity index (χ3v) is 7.71. The highest BCUT2D eigenvalue weighted by Crippen LogP contribution is 2.53. The zero-order valence-electron chi connectivity index (χ0n) is 24.1. The Morgan fingerprint density at radius 1 is 0.818 bits per heavy atom. The first-order valence-electron chi connectivity index (χ1n) is 14.0. The van der Waals surface area contributed by atoms with Crippen LogP contribution in [0.1, 0.15) is 153 Å². The average molecular weight is 469 g/mol. The zero-order chi connectivity index (χ0) is 25.9. The second kappa shape index (κ2) is 14.2. The lowest BCUT2D eigenvalue weighted by atomic mass is 9.56. The van der Waals surface area contributed by atoms with Gasteiger partial charge in [-0.3, -0.25) is 4.79 Å². The van der Waals surface area contributed by atoms with Gasteiger partial charge in [0, 0.05) is 12.3 Å². The van der Waals surface area contributed by atoms with E-state index in [1.165, 1.54) is 12.8 Å². The standard InChI is InChI=1S/C27H52O3.C3H8/c1-9-13-23(28)22-15-14-21(20-24(22,2)3)27(8,19-12-17-26(6,7)30)18-11-10-16-25(4,5)29;1-3-2/h21-22,29-30H,9-20H2,1-8H3;3H2,1-2H3/t21-,22?,27?;/m0./s1. The Morgan fingerprint density at radius 2 is 1.27 bits per heavy atom. The molecule has 1 saturated carbocycles. The topological polar surface area (TPSA) is 57.5 Å². The van der Waals surface area contributed by atoms with Gasteiger partial charge in [0.2, 0.25) is 0 Å². The molecule has 1 rings (SSSR count). The van der Waals surface area contributed by atoms with Crippen molar-refractivity contribution in [1.82, 2.24) is 0 Å². The molecule has 198 valence electrons. The van der Waals surface area contributed by atoms with Gasteiger partial charge in [0.1, 0.15) is 5.78 Å². The number of carbonyl (C=O) groups is 1. The normalized spacial score (nSPS) is 22.8. The molecule has 2 unspecified atom stereocenters. The van der Waals surface area contributed by atoms with E-state index in [9.17, 15) is 15.0 Å². The summed E-state index contributed by atoms with van der Waals surface area (Å²) in [6, 6.07) is 0. The maximum Gasteiger partial charge on any atom is 0.136 e. The average Bonchev–Trinajstić information content (AvgIpc) is 2.63. The minimum Gasteiger partial charge on any atom is -0.390 e. The van der Waals surface area contributed by atoms with E-state index in [-0.39, 0.29) is 16.7 Å². The summed E-state index contributed by atoms with van der Waals surface area (Å²) < 4.78 is 0. The Labute approximate surface area is 207 Å². The molecule has 3 nitrogen and oxygen atoms in total. The maximum absolute atomic E-state index is 12.7. The molecular weight excluding hydrogens is 408 g/mol. The van der Waals surface area contributed by atoms with Crippen molar-refractivity contribution in [2.75, 3.05) is 0 Å². The van der Waals surface area contributed by atoms with Gasteiger partial charge in [0.25, 0.3) is 0 Å². The molecule has 0 heterocycles. The van der Waals surface area contributed by atoms with Gasteiger partial charge in [0.15, 0.2) is 0 Å². The SMILES string of the molecule is CCC.CCCC(=O)C1CC[C@H](C(C)(CCCCC(C)(C)O)CCCC(C)(C)O)CC1(C)C. The molecule has 3 atom stereocenters. The van der Waals surface area contributed by atoms with Crippen LogP contribution in [0.5, 0.6) is 0 Å². The van der Waals surface area contributed by atoms with Gasteiger partial charge in [-0.05, 0) is 95.8 Å². The van der Waals surface area contributed by atoms with Crippen molar-refractivity contribution in [2.24, 2.45) is 22.7 Å². The number of Topliss-reactive ketones (excluding diaryl/α,β-unsaturated/α-hetero) is 1. The molecule has 33 heavy (non-hydrogen) atoms. The van der Waals surface area contributed by atoms with Crippen LogP contribution in [0.2, 0.25) is 0 Å². The van der Waals surface area contributed by atoms with Crippen molar-refractivity contribution in [3.05, 3.63) is 0 Å². The molecule has 1 aliphatic carbocycles. The second-order valence-electron chi connectivity index (χ2n) is 13.3. The van der Waals surface area contributed by atoms with E-state index in [2.05, 4.69) is 41.5 Å². The maximum atomic E-state index is 12.7. The quantitative estimate of drug-likeness (QED) is 0.266. The summed E-state index contributed by atoms with van der Waals surface area (Å²) in [7, 11) is 0. The van der Waals surface area contributed by atoms with E-state index in [0.29, 0.717) is 11.7 Å². The molecule has 1 fully saturated rings. The fourth-order valence-corrected chi connectivity index (χ4v) is 5.79. The van der Waals surface area contributed by atoms with Crippen molar-refractivity contribution in [2.45, 2.75) is 164 Å². The largest absolute Gasteiger partial charge is 0.390 e. The summed E-state index contributed by atoms with van der Waals surface area (Å²) in [5.41, 5.74) is -0.886. The number of ketones is 1. The molecule has 0 aliphatic heterocycles. The first-order valence-corrected chi connectivity index (χ1v) is 14.0. The Bertz CT molecular complexity index is 538. The smallest absolute Gasteiger partial charge is 0.136 e. The highest BCUT2D eigenvalue weighted by Gasteiger charge is 2.45. The van der Waals surface area contributed by atoms with Gasteiger partial charge in [-0.25, -0.2) is 0 Å². The summed E-state index contributed by atoms with van der Waals surface area (Å²) in [5.74, 6) is 1.31. The van der Waals surface area contributed by atoms with Crippen LogP contribution in [0.3, 0.4) is 0 Å². The molecule has 0 saturated heterocycles. The summed E-state index contributed by atoms with van der Waals surface area (Å²) in [6.07, 6.45) is 13.4. The minimum absolute atomic E-state index is 0.0692. The van der Waals surface area contributed by atoms with Crippen LogP contribution in [0.15, 0.2) is 0 Å². The third kappa shape index (κ3) is 13.3. The van der Waals surface area contributed by atoms with Gasteiger partial charge >= 0.3 is 0 Å². The number of hydrogen-bond donors (Lipinski definition) is 2. The Morgan fingerprint density at radius 3 is 1.73 bits per heavy atom. The van der Waals surface area contributed by atoms with Gasteiger partial charge in [-0.15, -0.1) is 0 Å². The molecule has 0 spiro atoms. The number of rotatable bonds is 13. The Hall–Kier alpha value is -0.410. The highest BCUT2D eigenvalue weighted by atomic mass is 16.3. The van der Waals surface area contributed by atoms with E-state index in [0.717, 1.165) is 70.6 Å². The van der Waals surface area contributed by atoms with Gasteiger partial charge < -0.3 is 10.2 Å². The van der Waals surface area contributed by atoms with E-state index in [4.69, 9.17) is 0 Å².